The van der Waals surface area contributed by atoms with Crippen LogP contribution in [0.1, 0.15) is 37.8 Å². The van der Waals surface area contributed by atoms with Crippen molar-refractivity contribution in [3.05, 3.63) is 24.0 Å². The molecule has 136 valence electrons. The van der Waals surface area contributed by atoms with Gasteiger partial charge in [-0.1, -0.05) is 0 Å². The third-order valence-corrected chi connectivity index (χ3v) is 4.93. The van der Waals surface area contributed by atoms with Crippen LogP contribution in [0.2, 0.25) is 0 Å². The van der Waals surface area contributed by atoms with Crippen LogP contribution in [0.5, 0.6) is 5.75 Å². The number of hydrogen-bond acceptors (Lipinski definition) is 5. The van der Waals surface area contributed by atoms with Gasteiger partial charge in [-0.15, -0.1) is 0 Å². The van der Waals surface area contributed by atoms with E-state index in [1.807, 2.05) is 6.92 Å². The van der Waals surface area contributed by atoms with E-state index in [2.05, 4.69) is 4.98 Å². The van der Waals surface area contributed by atoms with Crippen molar-refractivity contribution in [3.8, 4) is 5.75 Å². The van der Waals surface area contributed by atoms with Crippen LogP contribution in [0, 0.1) is 6.92 Å². The maximum absolute atomic E-state index is 12.5. The first-order chi connectivity index (χ1) is 12.0. The highest BCUT2D eigenvalue weighted by atomic mass is 16.5. The highest BCUT2D eigenvalue weighted by molar-refractivity contribution is 5.82. The third-order valence-electron chi connectivity index (χ3n) is 4.93. The fourth-order valence-electron chi connectivity index (χ4n) is 3.33. The second kappa shape index (κ2) is 7.39. The molecule has 0 aromatic carbocycles. The van der Waals surface area contributed by atoms with E-state index in [0.717, 1.165) is 25.0 Å². The summed E-state index contributed by atoms with van der Waals surface area (Å²) in [6, 6.07) is 3.50. The lowest BCUT2D eigenvalue weighted by Gasteiger charge is -2.40. The van der Waals surface area contributed by atoms with E-state index in [-0.39, 0.29) is 24.9 Å². The number of aromatic nitrogens is 1. The van der Waals surface area contributed by atoms with Gasteiger partial charge in [0.25, 0.3) is 5.91 Å². The van der Waals surface area contributed by atoms with Gasteiger partial charge in [-0.25, -0.2) is 4.79 Å². The molecule has 0 unspecified atom stereocenters. The van der Waals surface area contributed by atoms with E-state index < -0.39 is 11.6 Å². The monoisotopic (exact) mass is 348 g/mol. The van der Waals surface area contributed by atoms with Gasteiger partial charge in [-0.3, -0.25) is 9.78 Å². The number of aryl methyl sites for hydroxylation is 1. The average Bonchev–Trinajstić information content (AvgIpc) is 2.64. The predicted octanol–water partition coefficient (Wildman–Crippen LogP) is 1.78. The molecule has 2 fully saturated rings. The van der Waals surface area contributed by atoms with Crippen molar-refractivity contribution in [3.63, 3.8) is 0 Å². The van der Waals surface area contributed by atoms with Crippen molar-refractivity contribution in [1.82, 2.24) is 9.88 Å². The van der Waals surface area contributed by atoms with Crippen LogP contribution in [-0.2, 0) is 14.3 Å². The summed E-state index contributed by atoms with van der Waals surface area (Å²) < 4.78 is 11.4. The number of carbonyl (C=O) groups excluding carboxylic acids is 1. The summed E-state index contributed by atoms with van der Waals surface area (Å²) in [5.41, 5.74) is -0.481. The number of nitrogens with zero attached hydrogens (tertiary/aromatic N) is 2. The van der Waals surface area contributed by atoms with Gasteiger partial charge < -0.3 is 19.5 Å². The van der Waals surface area contributed by atoms with E-state index in [1.165, 1.54) is 6.20 Å². The summed E-state index contributed by atoms with van der Waals surface area (Å²) in [5, 5.41) is 9.70. The van der Waals surface area contributed by atoms with E-state index >= 15 is 0 Å². The fourth-order valence-corrected chi connectivity index (χ4v) is 3.33. The normalized spacial score (nSPS) is 23.1. The summed E-state index contributed by atoms with van der Waals surface area (Å²) in [4.78, 5) is 30.2. The molecule has 1 amide bonds. The van der Waals surface area contributed by atoms with Gasteiger partial charge in [0.05, 0.1) is 6.20 Å². The van der Waals surface area contributed by atoms with E-state index in [9.17, 15) is 14.7 Å². The topological polar surface area (TPSA) is 89.0 Å². The van der Waals surface area contributed by atoms with Crippen molar-refractivity contribution in [2.45, 2.75) is 50.7 Å². The number of ether oxygens (including phenoxy) is 2. The zero-order valence-electron chi connectivity index (χ0n) is 14.4. The quantitative estimate of drug-likeness (QED) is 0.892. The second-order valence-corrected chi connectivity index (χ2v) is 6.72. The van der Waals surface area contributed by atoms with Crippen molar-refractivity contribution >= 4 is 11.9 Å². The molecular weight excluding hydrogens is 324 g/mol. The minimum atomic E-state index is -1.32. The number of likely N-dealkylation sites (tertiary alicyclic amines) is 1. The molecule has 7 heteroatoms. The molecule has 0 saturated carbocycles. The minimum Gasteiger partial charge on any atom is -0.478 e. The smallest absolute Gasteiger partial charge is 0.348 e. The lowest BCUT2D eigenvalue weighted by molar-refractivity contribution is -0.164. The molecule has 25 heavy (non-hydrogen) atoms. The first-order valence-electron chi connectivity index (χ1n) is 8.76. The van der Waals surface area contributed by atoms with Gasteiger partial charge in [0.1, 0.15) is 11.9 Å². The zero-order valence-corrected chi connectivity index (χ0v) is 14.4. The fraction of sp³-hybridized carbons (Fsp3) is 0.611. The van der Waals surface area contributed by atoms with Gasteiger partial charge in [0.2, 0.25) is 5.60 Å². The van der Waals surface area contributed by atoms with Crippen LogP contribution >= 0.6 is 0 Å². The summed E-state index contributed by atoms with van der Waals surface area (Å²) in [6.45, 7) is 3.18. The summed E-state index contributed by atoms with van der Waals surface area (Å²) >= 11 is 0. The Morgan fingerprint density at radius 2 is 2.08 bits per heavy atom. The van der Waals surface area contributed by atoms with Crippen LogP contribution in [0.3, 0.4) is 0 Å². The number of carbonyl (C=O) groups is 2. The molecule has 7 nitrogen and oxygen atoms in total. The van der Waals surface area contributed by atoms with Gasteiger partial charge >= 0.3 is 5.97 Å². The van der Waals surface area contributed by atoms with Crippen molar-refractivity contribution in [1.29, 1.82) is 0 Å². The highest BCUT2D eigenvalue weighted by Crippen LogP contribution is 2.30. The largest absolute Gasteiger partial charge is 0.478 e. The Morgan fingerprint density at radius 1 is 1.32 bits per heavy atom. The van der Waals surface area contributed by atoms with Gasteiger partial charge in [-0.05, 0) is 38.3 Å². The zero-order chi connectivity index (χ0) is 17.9. The SMILES string of the molecule is Cc1ccc(OC2(C(=O)O)CCN(C(=O)[C@H]3CCCCO3)CC2)cn1. The van der Waals surface area contributed by atoms with Crippen LogP contribution < -0.4 is 4.74 Å². The molecule has 1 atom stereocenters. The molecule has 0 bridgehead atoms. The summed E-state index contributed by atoms with van der Waals surface area (Å²) in [5.74, 6) is -0.604. The van der Waals surface area contributed by atoms with Crippen LogP contribution in [-0.4, -0.2) is 58.3 Å². The first-order valence-corrected chi connectivity index (χ1v) is 8.76. The summed E-state index contributed by atoms with van der Waals surface area (Å²) in [7, 11) is 0. The van der Waals surface area contributed by atoms with E-state index in [1.54, 1.807) is 17.0 Å². The number of piperidine rings is 1. The highest BCUT2D eigenvalue weighted by Gasteiger charge is 2.45. The molecule has 1 N–H and O–H groups in total. The number of rotatable bonds is 4. The van der Waals surface area contributed by atoms with Crippen molar-refractivity contribution in [2.75, 3.05) is 19.7 Å². The van der Waals surface area contributed by atoms with Crippen LogP contribution in [0.25, 0.3) is 0 Å². The summed E-state index contributed by atoms with van der Waals surface area (Å²) in [6.07, 6.45) is 4.37. The lowest BCUT2D eigenvalue weighted by Crippen LogP contribution is -2.56. The molecular formula is C18H24N2O5. The average molecular weight is 348 g/mol. The Labute approximate surface area is 146 Å². The lowest BCUT2D eigenvalue weighted by atomic mass is 9.90. The maximum Gasteiger partial charge on any atom is 0.348 e. The number of carboxylic acids is 1. The van der Waals surface area contributed by atoms with E-state index in [4.69, 9.17) is 9.47 Å². The maximum atomic E-state index is 12.5. The molecule has 0 radical (unpaired) electrons. The van der Waals surface area contributed by atoms with Gasteiger partial charge in [-0.2, -0.15) is 0 Å². The van der Waals surface area contributed by atoms with Gasteiger partial charge in [0, 0.05) is 38.2 Å². The molecule has 2 saturated heterocycles. The molecule has 0 spiro atoms. The molecule has 2 aliphatic rings. The molecule has 1 aromatic heterocycles. The second-order valence-electron chi connectivity index (χ2n) is 6.72. The minimum absolute atomic E-state index is 0.0318. The Kier molecular flexibility index (Phi) is 5.22. The number of carboxylic acid groups (broad SMARTS) is 1. The Hall–Kier alpha value is -2.15. The predicted molar refractivity (Wildman–Crippen MR) is 89.4 cm³/mol. The number of amides is 1. The molecule has 1 aromatic rings. The Bertz CT molecular complexity index is 617. The number of pyridine rings is 1. The number of aliphatic carboxylic acids is 1. The van der Waals surface area contributed by atoms with Crippen LogP contribution in [0.15, 0.2) is 18.3 Å². The van der Waals surface area contributed by atoms with Crippen molar-refractivity contribution in [2.24, 2.45) is 0 Å². The van der Waals surface area contributed by atoms with Gasteiger partial charge in [0.15, 0.2) is 0 Å². The standard InChI is InChI=1S/C18H24N2O5/c1-13-5-6-14(12-19-13)25-18(17(22)23)7-9-20(10-8-18)16(21)15-4-2-3-11-24-15/h5-6,12,15H,2-4,7-11H2,1H3,(H,22,23)/t15-/m1/s1. The molecule has 2 aliphatic heterocycles. The Morgan fingerprint density at radius 3 is 2.64 bits per heavy atom. The third kappa shape index (κ3) is 3.92. The van der Waals surface area contributed by atoms with E-state index in [0.29, 0.717) is 25.4 Å². The van der Waals surface area contributed by atoms with Crippen LogP contribution in [0.4, 0.5) is 0 Å². The van der Waals surface area contributed by atoms with Crippen molar-refractivity contribution < 1.29 is 24.2 Å². The molecule has 3 heterocycles. The number of hydrogen-bond donors (Lipinski definition) is 1. The molecule has 0 aliphatic carbocycles. The Balaban J connectivity index is 1.64. The first kappa shape index (κ1) is 17.7. The molecule has 3 rings (SSSR count).